The molecule has 1 saturated heterocycles. The Balaban J connectivity index is 1.74. The molecule has 4 rings (SSSR count). The fraction of sp³-hybridized carbons (Fsp3) is 0.250. The number of nitrogens with zero attached hydrogens (tertiary/aromatic N) is 2. The number of hydrogen-bond acceptors (Lipinski definition) is 4. The highest BCUT2D eigenvalue weighted by Gasteiger charge is 2.63. The van der Waals surface area contributed by atoms with Crippen molar-refractivity contribution in [2.45, 2.75) is 12.1 Å². The lowest BCUT2D eigenvalue weighted by Crippen LogP contribution is -2.52. The molecule has 2 aliphatic rings. The molecule has 0 saturated carbocycles. The van der Waals surface area contributed by atoms with Gasteiger partial charge in [0.1, 0.15) is 0 Å². The van der Waals surface area contributed by atoms with Crippen LogP contribution in [0.2, 0.25) is 0 Å². The summed E-state index contributed by atoms with van der Waals surface area (Å²) in [7, 11) is 1.44. The number of rotatable bonds is 5. The molecule has 1 N–H and O–H groups in total. The Bertz CT molecular complexity index is 1030. The highest BCUT2D eigenvalue weighted by atomic mass is 19.2. The van der Waals surface area contributed by atoms with Crippen molar-refractivity contribution in [3.05, 3.63) is 65.2 Å². The van der Waals surface area contributed by atoms with Gasteiger partial charge in [0.05, 0.1) is 25.4 Å². The van der Waals surface area contributed by atoms with Crippen LogP contribution >= 0.6 is 0 Å². The second kappa shape index (κ2) is 6.93. The monoisotopic (exact) mass is 401 g/mol. The van der Waals surface area contributed by atoms with Crippen LogP contribution in [0.4, 0.5) is 19.3 Å². The van der Waals surface area contributed by atoms with Crippen molar-refractivity contribution < 1.29 is 27.9 Å². The van der Waals surface area contributed by atoms with E-state index in [4.69, 9.17) is 4.74 Å². The van der Waals surface area contributed by atoms with Gasteiger partial charge in [-0.3, -0.25) is 14.5 Å². The second-order valence-corrected chi connectivity index (χ2v) is 6.79. The fourth-order valence-corrected chi connectivity index (χ4v) is 3.72. The maximum Gasteiger partial charge on any atom is 0.325 e. The molecule has 29 heavy (non-hydrogen) atoms. The van der Waals surface area contributed by atoms with Gasteiger partial charge < -0.3 is 15.0 Å². The second-order valence-electron chi connectivity index (χ2n) is 6.79. The Morgan fingerprint density at radius 1 is 1.00 bits per heavy atom. The van der Waals surface area contributed by atoms with Crippen molar-refractivity contribution in [1.29, 1.82) is 0 Å². The van der Waals surface area contributed by atoms with Crippen molar-refractivity contribution in [2.75, 3.05) is 25.2 Å². The summed E-state index contributed by atoms with van der Waals surface area (Å²) in [6.07, 6.45) is 0. The molecule has 150 valence electrons. The number of amides is 4. The molecule has 2 aromatic carbocycles. The van der Waals surface area contributed by atoms with Crippen LogP contribution in [0.25, 0.3) is 0 Å². The molecule has 2 aliphatic heterocycles. The Hall–Kier alpha value is -3.33. The summed E-state index contributed by atoms with van der Waals surface area (Å²) < 4.78 is 31.8. The maximum atomic E-state index is 13.6. The number of anilines is 1. The van der Waals surface area contributed by atoms with E-state index in [1.165, 1.54) is 18.1 Å². The number of carbonyl (C=O) groups excluding carboxylic acids is 3. The zero-order valence-electron chi connectivity index (χ0n) is 15.4. The molecule has 9 heteroatoms. The third kappa shape index (κ3) is 2.77. The molecular formula is C20H17F2N3O4. The van der Waals surface area contributed by atoms with Gasteiger partial charge in [-0.25, -0.2) is 13.6 Å². The molecule has 7 nitrogen and oxygen atoms in total. The third-order valence-corrected chi connectivity index (χ3v) is 5.11. The van der Waals surface area contributed by atoms with Gasteiger partial charge in [-0.05, 0) is 23.8 Å². The molecule has 0 bridgehead atoms. The van der Waals surface area contributed by atoms with E-state index in [1.54, 1.807) is 24.3 Å². The fourth-order valence-electron chi connectivity index (χ4n) is 3.72. The zero-order valence-corrected chi connectivity index (χ0v) is 15.4. The van der Waals surface area contributed by atoms with Gasteiger partial charge >= 0.3 is 6.03 Å². The van der Waals surface area contributed by atoms with Gasteiger partial charge in [-0.1, -0.05) is 24.3 Å². The minimum atomic E-state index is -1.88. The highest BCUT2D eigenvalue weighted by molar-refractivity contribution is 6.27. The first kappa shape index (κ1) is 19.0. The molecule has 0 aromatic heterocycles. The summed E-state index contributed by atoms with van der Waals surface area (Å²) in [6, 6.07) is 9.22. The zero-order chi connectivity index (χ0) is 20.8. The van der Waals surface area contributed by atoms with Crippen LogP contribution in [0.1, 0.15) is 11.1 Å². The molecular weight excluding hydrogens is 384 g/mol. The minimum Gasteiger partial charge on any atom is -0.383 e. The van der Waals surface area contributed by atoms with Gasteiger partial charge in [-0.2, -0.15) is 0 Å². The lowest BCUT2D eigenvalue weighted by Gasteiger charge is -2.22. The van der Waals surface area contributed by atoms with Crippen LogP contribution in [0.15, 0.2) is 42.5 Å². The van der Waals surface area contributed by atoms with E-state index in [0.29, 0.717) is 16.8 Å². The maximum absolute atomic E-state index is 13.6. The predicted molar refractivity (Wildman–Crippen MR) is 97.8 cm³/mol. The highest BCUT2D eigenvalue weighted by Crippen LogP contribution is 2.44. The number of halogens is 2. The number of carbonyl (C=O) groups is 3. The normalized spacial score (nSPS) is 20.6. The van der Waals surface area contributed by atoms with Crippen LogP contribution in [0.5, 0.6) is 0 Å². The van der Waals surface area contributed by atoms with Gasteiger partial charge in [0.25, 0.3) is 11.8 Å². The Kier molecular flexibility index (Phi) is 4.54. The topological polar surface area (TPSA) is 79.0 Å². The Morgan fingerprint density at radius 3 is 2.45 bits per heavy atom. The number of ether oxygens (including phenoxy) is 1. The first-order valence-corrected chi connectivity index (χ1v) is 8.88. The molecule has 1 atom stereocenters. The average Bonchev–Trinajstić information content (AvgIpc) is 3.10. The number of urea groups is 1. The number of nitrogens with one attached hydrogen (secondary N) is 1. The van der Waals surface area contributed by atoms with E-state index in [1.807, 2.05) is 0 Å². The van der Waals surface area contributed by atoms with Crippen LogP contribution in [-0.4, -0.2) is 43.0 Å². The van der Waals surface area contributed by atoms with Gasteiger partial charge in [-0.15, -0.1) is 0 Å². The molecule has 2 heterocycles. The van der Waals surface area contributed by atoms with Gasteiger partial charge in [0.15, 0.2) is 11.6 Å². The van der Waals surface area contributed by atoms with E-state index in [2.05, 4.69) is 5.32 Å². The van der Waals surface area contributed by atoms with Crippen LogP contribution in [0.3, 0.4) is 0 Å². The van der Waals surface area contributed by atoms with Crippen molar-refractivity contribution in [3.63, 3.8) is 0 Å². The largest absolute Gasteiger partial charge is 0.383 e. The summed E-state index contributed by atoms with van der Waals surface area (Å²) >= 11 is 0. The molecule has 0 aliphatic carbocycles. The molecule has 2 aromatic rings. The molecule has 1 unspecified atom stereocenters. The number of benzene rings is 2. The number of para-hydroxylation sites is 1. The van der Waals surface area contributed by atoms with E-state index in [-0.39, 0.29) is 19.7 Å². The van der Waals surface area contributed by atoms with Crippen molar-refractivity contribution in [2.24, 2.45) is 0 Å². The summed E-state index contributed by atoms with van der Waals surface area (Å²) in [5, 5.41) is 2.54. The van der Waals surface area contributed by atoms with Crippen molar-refractivity contribution in [3.8, 4) is 0 Å². The molecule has 4 amide bonds. The van der Waals surface area contributed by atoms with E-state index in [9.17, 15) is 23.2 Å². The lowest BCUT2D eigenvalue weighted by molar-refractivity contribution is -0.138. The van der Waals surface area contributed by atoms with Gasteiger partial charge in [0.2, 0.25) is 5.54 Å². The summed E-state index contributed by atoms with van der Waals surface area (Å²) in [4.78, 5) is 41.2. The SMILES string of the molecule is COCCN1C(=O)NC2(C1=O)C(=O)N(Cc1ccc(F)c(F)c1)c1ccccc12. The van der Waals surface area contributed by atoms with E-state index in [0.717, 1.165) is 17.0 Å². The number of imide groups is 1. The standard InChI is InChI=1S/C20H17F2N3O4/c1-29-9-8-24-17(26)20(23-19(24)28)13-4-2-3-5-16(13)25(18(20)27)11-12-6-7-14(21)15(22)10-12/h2-7,10H,8-9,11H2,1H3,(H,23,28). The molecule has 0 radical (unpaired) electrons. The number of hydrogen-bond donors (Lipinski definition) is 1. The lowest BCUT2D eigenvalue weighted by atomic mass is 9.91. The first-order chi connectivity index (χ1) is 13.9. The predicted octanol–water partition coefficient (Wildman–Crippen LogP) is 1.91. The summed E-state index contributed by atoms with van der Waals surface area (Å²) in [6.45, 7) is 0.0429. The quantitative estimate of drug-likeness (QED) is 0.613. The van der Waals surface area contributed by atoms with Crippen molar-refractivity contribution >= 4 is 23.5 Å². The third-order valence-electron chi connectivity index (χ3n) is 5.11. The van der Waals surface area contributed by atoms with Crippen LogP contribution < -0.4 is 10.2 Å². The average molecular weight is 401 g/mol. The number of methoxy groups -OCH3 is 1. The molecule has 1 fully saturated rings. The molecule has 1 spiro atoms. The van der Waals surface area contributed by atoms with Crippen molar-refractivity contribution in [1.82, 2.24) is 10.2 Å². The van der Waals surface area contributed by atoms with E-state index < -0.39 is 35.0 Å². The summed E-state index contributed by atoms with van der Waals surface area (Å²) in [5.41, 5.74) is -0.771. The van der Waals surface area contributed by atoms with E-state index >= 15 is 0 Å². The smallest absolute Gasteiger partial charge is 0.325 e. The Labute approximate surface area is 164 Å². The first-order valence-electron chi connectivity index (χ1n) is 8.88. The Morgan fingerprint density at radius 2 is 1.72 bits per heavy atom. The summed E-state index contributed by atoms with van der Waals surface area (Å²) in [5.74, 6) is -3.37. The van der Waals surface area contributed by atoms with Crippen LogP contribution in [0, 0.1) is 11.6 Å². The number of fused-ring (bicyclic) bond motifs is 2. The van der Waals surface area contributed by atoms with Gasteiger partial charge in [0, 0.05) is 12.7 Å². The van der Waals surface area contributed by atoms with Crippen LogP contribution in [-0.2, 0) is 26.4 Å². The minimum absolute atomic E-state index is 0.00152.